The lowest BCUT2D eigenvalue weighted by atomic mass is 9.89. The van der Waals surface area contributed by atoms with Crippen LogP contribution in [0.2, 0.25) is 15.1 Å². The maximum absolute atomic E-state index is 6.28. The largest absolute Gasteiger partial charge is 0.384 e. The van der Waals surface area contributed by atoms with Gasteiger partial charge in [0.05, 0.1) is 16.3 Å². The molecule has 1 unspecified atom stereocenters. The fourth-order valence-corrected chi connectivity index (χ4v) is 3.73. The first-order chi connectivity index (χ1) is 11.9. The van der Waals surface area contributed by atoms with Crippen molar-refractivity contribution >= 4 is 51.4 Å². The number of oxime groups is 1. The molecule has 2 aromatic carbocycles. The highest BCUT2D eigenvalue weighted by Crippen LogP contribution is 2.38. The van der Waals surface area contributed by atoms with Crippen molar-refractivity contribution in [3.8, 4) is 0 Å². The zero-order chi connectivity index (χ0) is 17.6. The number of fused-ring (bicyclic) bond motifs is 1. The fourth-order valence-electron chi connectivity index (χ4n) is 3.00. The van der Waals surface area contributed by atoms with E-state index in [1.807, 2.05) is 37.3 Å². The van der Waals surface area contributed by atoms with Gasteiger partial charge in [-0.25, -0.2) is 0 Å². The van der Waals surface area contributed by atoms with Crippen LogP contribution in [-0.2, 0) is 10.4 Å². The summed E-state index contributed by atoms with van der Waals surface area (Å²) in [4.78, 5) is 10.1. The van der Waals surface area contributed by atoms with Gasteiger partial charge in [-0.2, -0.15) is 0 Å². The molecule has 0 fully saturated rings. The quantitative estimate of drug-likeness (QED) is 0.518. The molecule has 0 N–H and O–H groups in total. The molecule has 4 rings (SSSR count). The molecule has 0 amide bonds. The average molecular weight is 392 g/mol. The van der Waals surface area contributed by atoms with Crippen LogP contribution in [-0.4, -0.2) is 10.7 Å². The highest BCUT2D eigenvalue weighted by atomic mass is 35.5. The number of hydrogen-bond donors (Lipinski definition) is 0. The summed E-state index contributed by atoms with van der Waals surface area (Å²) in [5, 5.41) is 7.00. The highest BCUT2D eigenvalue weighted by molar-refractivity contribution is 6.35. The Balaban J connectivity index is 1.69. The molecule has 1 atom stereocenters. The normalized spacial score (nSPS) is 19.8. The van der Waals surface area contributed by atoms with Crippen molar-refractivity contribution in [1.29, 1.82) is 0 Å². The van der Waals surface area contributed by atoms with Gasteiger partial charge >= 0.3 is 0 Å². The Labute approximate surface area is 160 Å². The molecule has 6 heteroatoms. The predicted molar refractivity (Wildman–Crippen MR) is 103 cm³/mol. The lowest BCUT2D eigenvalue weighted by Gasteiger charge is -2.22. The van der Waals surface area contributed by atoms with E-state index < -0.39 is 5.60 Å². The van der Waals surface area contributed by atoms with Crippen LogP contribution in [0.1, 0.15) is 24.5 Å². The summed E-state index contributed by atoms with van der Waals surface area (Å²) < 4.78 is 0. The number of benzene rings is 2. The number of hydrogen-bond acceptors (Lipinski definition) is 3. The van der Waals surface area contributed by atoms with Crippen LogP contribution in [0.4, 0.5) is 0 Å². The van der Waals surface area contributed by atoms with Gasteiger partial charge in [-0.3, -0.25) is 4.98 Å². The van der Waals surface area contributed by atoms with E-state index in [0.717, 1.165) is 27.7 Å². The Morgan fingerprint density at radius 1 is 1.00 bits per heavy atom. The van der Waals surface area contributed by atoms with E-state index in [0.29, 0.717) is 21.5 Å². The maximum atomic E-state index is 6.28. The van der Waals surface area contributed by atoms with E-state index in [1.165, 1.54) is 0 Å². The molecule has 1 aliphatic rings. The van der Waals surface area contributed by atoms with Crippen LogP contribution < -0.4 is 0 Å². The van der Waals surface area contributed by atoms with Gasteiger partial charge in [-0.05, 0) is 43.3 Å². The third-order valence-corrected chi connectivity index (χ3v) is 5.12. The van der Waals surface area contributed by atoms with Crippen molar-refractivity contribution in [1.82, 2.24) is 4.98 Å². The zero-order valence-electron chi connectivity index (χ0n) is 13.3. The number of halogens is 3. The van der Waals surface area contributed by atoms with Gasteiger partial charge in [-0.1, -0.05) is 46.0 Å². The first-order valence-electron chi connectivity index (χ1n) is 7.71. The molecule has 0 aliphatic carbocycles. The van der Waals surface area contributed by atoms with E-state index >= 15 is 0 Å². The summed E-state index contributed by atoms with van der Waals surface area (Å²) in [6, 6.07) is 13.1. The van der Waals surface area contributed by atoms with Crippen LogP contribution >= 0.6 is 34.8 Å². The van der Waals surface area contributed by atoms with E-state index in [2.05, 4.69) is 10.1 Å². The van der Waals surface area contributed by atoms with Crippen LogP contribution in [0.15, 0.2) is 53.8 Å². The molecular weight excluding hydrogens is 379 g/mol. The molecule has 1 aliphatic heterocycles. The lowest BCUT2D eigenvalue weighted by Crippen LogP contribution is -2.22. The first kappa shape index (κ1) is 16.6. The number of nitrogens with zero attached hydrogens (tertiary/aromatic N) is 2. The van der Waals surface area contributed by atoms with Gasteiger partial charge in [0, 0.05) is 39.2 Å². The van der Waals surface area contributed by atoms with Crippen molar-refractivity contribution in [2.24, 2.45) is 5.16 Å². The van der Waals surface area contributed by atoms with Crippen molar-refractivity contribution in [2.45, 2.75) is 18.9 Å². The first-order valence-corrected chi connectivity index (χ1v) is 8.84. The Morgan fingerprint density at radius 3 is 2.52 bits per heavy atom. The third kappa shape index (κ3) is 3.08. The number of pyridine rings is 1. The van der Waals surface area contributed by atoms with Gasteiger partial charge in [0.2, 0.25) is 0 Å². The predicted octanol–water partition coefficient (Wildman–Crippen LogP) is 6.23. The average Bonchev–Trinajstić information content (AvgIpc) is 2.98. The van der Waals surface area contributed by atoms with Crippen molar-refractivity contribution in [3.63, 3.8) is 0 Å². The highest BCUT2D eigenvalue weighted by Gasteiger charge is 2.37. The molecule has 3 nitrogen and oxygen atoms in total. The van der Waals surface area contributed by atoms with Crippen molar-refractivity contribution in [3.05, 3.63) is 74.9 Å². The minimum absolute atomic E-state index is 0.573. The molecular formula is C19H13Cl3N2O. The Hall–Kier alpha value is -1.81. The Kier molecular flexibility index (Phi) is 4.11. The summed E-state index contributed by atoms with van der Waals surface area (Å²) >= 11 is 18.5. The molecule has 25 heavy (non-hydrogen) atoms. The third-order valence-electron chi connectivity index (χ3n) is 4.36. The minimum Gasteiger partial charge on any atom is -0.384 e. The smallest absolute Gasteiger partial charge is 0.165 e. The molecule has 0 spiro atoms. The minimum atomic E-state index is -0.614. The summed E-state index contributed by atoms with van der Waals surface area (Å²) in [6.45, 7) is 1.97. The summed E-state index contributed by atoms with van der Waals surface area (Å²) in [5.41, 5.74) is 2.93. The fraction of sp³-hybridized carbons (Fsp3) is 0.158. The Bertz CT molecular complexity index is 998. The summed E-state index contributed by atoms with van der Waals surface area (Å²) in [5.74, 6) is 0. The van der Waals surface area contributed by atoms with Crippen molar-refractivity contribution in [2.75, 3.05) is 0 Å². The zero-order valence-corrected chi connectivity index (χ0v) is 15.5. The van der Waals surface area contributed by atoms with Gasteiger partial charge in [-0.15, -0.1) is 0 Å². The van der Waals surface area contributed by atoms with Crippen LogP contribution in [0.25, 0.3) is 10.9 Å². The maximum Gasteiger partial charge on any atom is 0.165 e. The molecule has 126 valence electrons. The standard InChI is InChI=1S/C19H13Cl3N2O/c1-19(12-7-13(20)9-14(21)8-12)10-18(24-25-19)11-2-3-17-15(6-11)16(22)4-5-23-17/h2-9H,10H2,1H3. The molecule has 0 bridgehead atoms. The van der Waals surface area contributed by atoms with Gasteiger partial charge in [0.15, 0.2) is 5.60 Å². The number of rotatable bonds is 2. The molecule has 2 heterocycles. The van der Waals surface area contributed by atoms with E-state index in [9.17, 15) is 0 Å². The van der Waals surface area contributed by atoms with E-state index in [4.69, 9.17) is 39.6 Å². The lowest BCUT2D eigenvalue weighted by molar-refractivity contribution is -0.00737. The van der Waals surface area contributed by atoms with E-state index in [1.54, 1.807) is 18.3 Å². The van der Waals surface area contributed by atoms with Gasteiger partial charge < -0.3 is 4.84 Å². The second kappa shape index (κ2) is 6.17. The SMILES string of the molecule is CC1(c2cc(Cl)cc(Cl)c2)CC(c2ccc3nccc(Cl)c3c2)=NO1. The monoisotopic (exact) mass is 390 g/mol. The van der Waals surface area contributed by atoms with E-state index in [-0.39, 0.29) is 0 Å². The number of aromatic nitrogens is 1. The second-order valence-electron chi connectivity index (χ2n) is 6.22. The second-order valence-corrected chi connectivity index (χ2v) is 7.50. The molecule has 0 saturated heterocycles. The summed E-state index contributed by atoms with van der Waals surface area (Å²) in [7, 11) is 0. The summed E-state index contributed by atoms with van der Waals surface area (Å²) in [6.07, 6.45) is 2.30. The van der Waals surface area contributed by atoms with Crippen LogP contribution in [0, 0.1) is 0 Å². The Morgan fingerprint density at radius 2 is 1.76 bits per heavy atom. The van der Waals surface area contributed by atoms with Crippen molar-refractivity contribution < 1.29 is 4.84 Å². The topological polar surface area (TPSA) is 34.5 Å². The van der Waals surface area contributed by atoms with Gasteiger partial charge in [0.1, 0.15) is 0 Å². The molecule has 0 radical (unpaired) electrons. The molecule has 0 saturated carbocycles. The van der Waals surface area contributed by atoms with Gasteiger partial charge in [0.25, 0.3) is 0 Å². The van der Waals surface area contributed by atoms with Crippen LogP contribution in [0.3, 0.4) is 0 Å². The van der Waals surface area contributed by atoms with Crippen LogP contribution in [0.5, 0.6) is 0 Å². The molecule has 1 aromatic heterocycles. The molecule has 3 aromatic rings.